The minimum Gasteiger partial charge on any atom is -0.395 e. The largest absolute Gasteiger partial charge is 0.401 e. The number of hydrogen-bond donors (Lipinski definition) is 1. The van der Waals surface area contributed by atoms with E-state index in [-0.39, 0.29) is 25.5 Å². The molecule has 0 atom stereocenters. The van der Waals surface area contributed by atoms with Gasteiger partial charge in [0, 0.05) is 19.4 Å². The maximum atomic E-state index is 12.1. The van der Waals surface area contributed by atoms with Crippen LogP contribution in [-0.2, 0) is 4.79 Å². The van der Waals surface area contributed by atoms with Crippen molar-refractivity contribution >= 4 is 5.78 Å². The van der Waals surface area contributed by atoms with Crippen molar-refractivity contribution in [2.75, 3.05) is 26.2 Å². The van der Waals surface area contributed by atoms with Crippen molar-refractivity contribution in [2.45, 2.75) is 32.4 Å². The second-order valence-electron chi connectivity index (χ2n) is 3.61. The Morgan fingerprint density at radius 2 is 1.94 bits per heavy atom. The van der Waals surface area contributed by atoms with E-state index in [4.69, 9.17) is 5.11 Å². The van der Waals surface area contributed by atoms with Gasteiger partial charge in [0.05, 0.1) is 13.2 Å². The van der Waals surface area contributed by atoms with Crippen LogP contribution in [0.15, 0.2) is 0 Å². The topological polar surface area (TPSA) is 40.5 Å². The lowest BCUT2D eigenvalue weighted by atomic mass is 10.2. The Balaban J connectivity index is 3.89. The quantitative estimate of drug-likeness (QED) is 0.701. The Bertz CT molecular complexity index is 207. The molecular weight excluding hydrogens is 223 g/mol. The molecule has 0 spiro atoms. The molecule has 0 aromatic rings. The molecule has 0 unspecified atom stereocenters. The molecule has 0 saturated carbocycles. The minimum absolute atomic E-state index is 0.0141. The monoisotopic (exact) mass is 241 g/mol. The number of halogens is 3. The van der Waals surface area contributed by atoms with Gasteiger partial charge in [-0.1, -0.05) is 6.92 Å². The summed E-state index contributed by atoms with van der Waals surface area (Å²) in [6.45, 7) is 0.556. The van der Waals surface area contributed by atoms with Gasteiger partial charge >= 0.3 is 6.18 Å². The number of aliphatic hydroxyl groups excluding tert-OH is 1. The Labute approximate surface area is 93.2 Å². The number of carbonyl (C=O) groups is 1. The fraction of sp³-hybridized carbons (Fsp3) is 0.900. The van der Waals surface area contributed by atoms with E-state index in [1.165, 1.54) is 0 Å². The Morgan fingerprint density at radius 1 is 1.31 bits per heavy atom. The summed E-state index contributed by atoms with van der Waals surface area (Å²) in [6, 6.07) is 0. The zero-order valence-corrected chi connectivity index (χ0v) is 9.39. The van der Waals surface area contributed by atoms with Crippen LogP contribution in [0.3, 0.4) is 0 Å². The van der Waals surface area contributed by atoms with Crippen LogP contribution in [0.2, 0.25) is 0 Å². The van der Waals surface area contributed by atoms with Gasteiger partial charge in [-0.15, -0.1) is 0 Å². The van der Waals surface area contributed by atoms with Gasteiger partial charge in [-0.05, 0) is 13.0 Å². The molecule has 0 amide bonds. The number of Topliss-reactive ketones (excluding diaryl/α,β-unsaturated/α-hetero) is 1. The van der Waals surface area contributed by atoms with Gasteiger partial charge in [-0.2, -0.15) is 13.2 Å². The molecular formula is C10H18F3NO2. The molecule has 0 aliphatic rings. The van der Waals surface area contributed by atoms with Crippen molar-refractivity contribution in [3.05, 3.63) is 0 Å². The van der Waals surface area contributed by atoms with Crippen LogP contribution >= 0.6 is 0 Å². The van der Waals surface area contributed by atoms with Crippen molar-refractivity contribution in [3.8, 4) is 0 Å². The van der Waals surface area contributed by atoms with Crippen LogP contribution in [-0.4, -0.2) is 48.2 Å². The summed E-state index contributed by atoms with van der Waals surface area (Å²) in [5.74, 6) is 0.0518. The van der Waals surface area contributed by atoms with Gasteiger partial charge < -0.3 is 5.11 Å². The van der Waals surface area contributed by atoms with E-state index in [9.17, 15) is 18.0 Å². The number of carbonyl (C=O) groups excluding carboxylic acids is 1. The third kappa shape index (κ3) is 8.67. The average molecular weight is 241 g/mol. The van der Waals surface area contributed by atoms with Gasteiger partial charge in [-0.3, -0.25) is 9.69 Å². The van der Waals surface area contributed by atoms with E-state index in [1.807, 2.05) is 0 Å². The third-order valence-electron chi connectivity index (χ3n) is 2.14. The summed E-state index contributed by atoms with van der Waals surface area (Å²) in [6.07, 6.45) is -3.14. The summed E-state index contributed by atoms with van der Waals surface area (Å²) in [4.78, 5) is 12.1. The van der Waals surface area contributed by atoms with Crippen molar-refractivity contribution in [3.63, 3.8) is 0 Å². The second-order valence-corrected chi connectivity index (χ2v) is 3.61. The molecule has 0 aliphatic carbocycles. The highest BCUT2D eigenvalue weighted by molar-refractivity contribution is 5.77. The fourth-order valence-corrected chi connectivity index (χ4v) is 1.34. The smallest absolute Gasteiger partial charge is 0.395 e. The molecule has 16 heavy (non-hydrogen) atoms. The zero-order chi connectivity index (χ0) is 12.6. The van der Waals surface area contributed by atoms with E-state index in [2.05, 4.69) is 0 Å². The summed E-state index contributed by atoms with van der Waals surface area (Å²) in [5, 5.41) is 8.61. The normalized spacial score (nSPS) is 12.1. The van der Waals surface area contributed by atoms with Crippen LogP contribution < -0.4 is 0 Å². The molecule has 0 aromatic heterocycles. The lowest BCUT2D eigenvalue weighted by molar-refractivity contribution is -0.146. The van der Waals surface area contributed by atoms with E-state index in [0.29, 0.717) is 19.3 Å². The van der Waals surface area contributed by atoms with Crippen molar-refractivity contribution < 1.29 is 23.1 Å². The molecule has 6 heteroatoms. The van der Waals surface area contributed by atoms with E-state index in [1.54, 1.807) is 6.92 Å². The van der Waals surface area contributed by atoms with Gasteiger partial charge in [0.1, 0.15) is 5.78 Å². The molecule has 1 N–H and O–H groups in total. The van der Waals surface area contributed by atoms with Crippen molar-refractivity contribution in [1.82, 2.24) is 4.90 Å². The summed E-state index contributed by atoms with van der Waals surface area (Å²) in [5.41, 5.74) is 0. The molecule has 0 fully saturated rings. The Morgan fingerprint density at radius 3 is 2.38 bits per heavy atom. The minimum atomic E-state index is -4.26. The lowest BCUT2D eigenvalue weighted by Crippen LogP contribution is -2.37. The van der Waals surface area contributed by atoms with Crippen LogP contribution in [0.25, 0.3) is 0 Å². The molecule has 3 nitrogen and oxygen atoms in total. The van der Waals surface area contributed by atoms with Crippen LogP contribution in [0.5, 0.6) is 0 Å². The molecule has 0 saturated heterocycles. The Kier molecular flexibility index (Phi) is 7.33. The second kappa shape index (κ2) is 7.62. The maximum Gasteiger partial charge on any atom is 0.401 e. The van der Waals surface area contributed by atoms with E-state index in [0.717, 1.165) is 4.90 Å². The first-order valence-corrected chi connectivity index (χ1v) is 5.30. The highest BCUT2D eigenvalue weighted by Crippen LogP contribution is 2.16. The molecule has 0 aliphatic heterocycles. The first kappa shape index (κ1) is 15.4. The number of rotatable bonds is 8. The van der Waals surface area contributed by atoms with Crippen molar-refractivity contribution in [2.24, 2.45) is 0 Å². The third-order valence-corrected chi connectivity index (χ3v) is 2.14. The highest BCUT2D eigenvalue weighted by Gasteiger charge is 2.30. The number of alkyl halides is 3. The summed E-state index contributed by atoms with van der Waals surface area (Å²) >= 11 is 0. The molecule has 0 heterocycles. The number of aliphatic hydroxyl groups is 1. The van der Waals surface area contributed by atoms with Gasteiger partial charge in [0.2, 0.25) is 0 Å². The highest BCUT2D eigenvalue weighted by atomic mass is 19.4. The fourth-order valence-electron chi connectivity index (χ4n) is 1.34. The first-order valence-electron chi connectivity index (χ1n) is 5.30. The predicted octanol–water partition coefficient (Wildman–Crippen LogP) is 1.60. The average Bonchev–Trinajstić information content (AvgIpc) is 2.15. The standard InChI is InChI=1S/C10H18F3NO2/c1-2-9(16)4-3-5-14(6-7-15)8-10(11,12)13/h15H,2-8H2,1H3. The summed E-state index contributed by atoms with van der Waals surface area (Å²) < 4.78 is 36.3. The number of nitrogens with zero attached hydrogens (tertiary/aromatic N) is 1. The Hall–Kier alpha value is -0.620. The molecule has 0 radical (unpaired) electrons. The summed E-state index contributed by atoms with van der Waals surface area (Å²) in [7, 11) is 0. The lowest BCUT2D eigenvalue weighted by Gasteiger charge is -2.22. The van der Waals surface area contributed by atoms with Crippen LogP contribution in [0, 0.1) is 0 Å². The maximum absolute atomic E-state index is 12.1. The van der Waals surface area contributed by atoms with E-state index >= 15 is 0 Å². The van der Waals surface area contributed by atoms with E-state index < -0.39 is 12.7 Å². The van der Waals surface area contributed by atoms with Crippen LogP contribution in [0.1, 0.15) is 26.2 Å². The molecule has 0 bridgehead atoms. The van der Waals surface area contributed by atoms with Crippen LogP contribution in [0.4, 0.5) is 13.2 Å². The molecule has 0 aromatic carbocycles. The number of hydrogen-bond acceptors (Lipinski definition) is 3. The van der Waals surface area contributed by atoms with Gasteiger partial charge in [0.25, 0.3) is 0 Å². The SMILES string of the molecule is CCC(=O)CCCN(CCO)CC(F)(F)F. The van der Waals surface area contributed by atoms with Gasteiger partial charge in [0.15, 0.2) is 0 Å². The van der Waals surface area contributed by atoms with Gasteiger partial charge in [-0.25, -0.2) is 0 Å². The first-order chi connectivity index (χ1) is 7.39. The van der Waals surface area contributed by atoms with Crippen molar-refractivity contribution in [1.29, 1.82) is 0 Å². The number of ketones is 1. The molecule has 0 rings (SSSR count). The predicted molar refractivity (Wildman–Crippen MR) is 54.1 cm³/mol. The zero-order valence-electron chi connectivity index (χ0n) is 9.39. The molecule has 96 valence electrons.